The first-order valence-electron chi connectivity index (χ1n) is 5.07. The van der Waals surface area contributed by atoms with Crippen molar-refractivity contribution in [1.29, 1.82) is 0 Å². The van der Waals surface area contributed by atoms with Crippen molar-refractivity contribution in [3.05, 3.63) is 29.8 Å². The van der Waals surface area contributed by atoms with Crippen LogP contribution in [0.4, 0.5) is 18.9 Å². The molecule has 16 heavy (non-hydrogen) atoms. The van der Waals surface area contributed by atoms with E-state index >= 15 is 0 Å². The van der Waals surface area contributed by atoms with E-state index in [1.54, 1.807) is 0 Å². The molecule has 0 spiro atoms. The number of hydrogen-bond donors (Lipinski definition) is 0. The molecule has 0 saturated carbocycles. The molecule has 1 aliphatic rings. The summed E-state index contributed by atoms with van der Waals surface area (Å²) in [4.78, 5) is 2.02. The molecule has 0 aromatic heterocycles. The molecule has 1 fully saturated rings. The van der Waals surface area contributed by atoms with Gasteiger partial charge in [-0.25, -0.2) is 0 Å². The Hall–Kier alpha value is -1.23. The van der Waals surface area contributed by atoms with Gasteiger partial charge in [0.15, 0.2) is 0 Å². The molecule has 1 heterocycles. The van der Waals surface area contributed by atoms with E-state index in [1.165, 1.54) is 12.1 Å². The average molecular weight is 231 g/mol. The lowest BCUT2D eigenvalue weighted by atomic mass is 10.2. The van der Waals surface area contributed by atoms with Crippen molar-refractivity contribution >= 4 is 5.69 Å². The highest BCUT2D eigenvalue weighted by molar-refractivity contribution is 5.48. The predicted octanol–water partition coefficient (Wildman–Crippen LogP) is 2.54. The molecule has 1 aliphatic heterocycles. The van der Waals surface area contributed by atoms with E-state index in [1.807, 2.05) is 4.90 Å². The van der Waals surface area contributed by atoms with Crippen molar-refractivity contribution in [2.75, 3.05) is 31.2 Å². The highest BCUT2D eigenvalue weighted by Gasteiger charge is 2.30. The van der Waals surface area contributed by atoms with Crippen LogP contribution in [0, 0.1) is 0 Å². The summed E-state index contributed by atoms with van der Waals surface area (Å²) < 4.78 is 42.2. The van der Waals surface area contributed by atoms with Crippen molar-refractivity contribution in [2.24, 2.45) is 0 Å². The van der Waals surface area contributed by atoms with Crippen LogP contribution in [0.5, 0.6) is 0 Å². The van der Waals surface area contributed by atoms with E-state index in [2.05, 4.69) is 0 Å². The maximum Gasteiger partial charge on any atom is 0.416 e. The van der Waals surface area contributed by atoms with Gasteiger partial charge in [-0.3, -0.25) is 0 Å². The summed E-state index contributed by atoms with van der Waals surface area (Å²) in [5, 5.41) is 0. The van der Waals surface area contributed by atoms with E-state index < -0.39 is 11.7 Å². The number of morpholine rings is 1. The number of anilines is 1. The van der Waals surface area contributed by atoms with Gasteiger partial charge in [0, 0.05) is 18.8 Å². The topological polar surface area (TPSA) is 12.5 Å². The molecular weight excluding hydrogens is 219 g/mol. The Labute approximate surface area is 91.6 Å². The number of hydrogen-bond acceptors (Lipinski definition) is 2. The van der Waals surface area contributed by atoms with Gasteiger partial charge in [0.1, 0.15) is 0 Å². The van der Waals surface area contributed by atoms with E-state index in [0.29, 0.717) is 13.2 Å². The van der Waals surface area contributed by atoms with Crippen LogP contribution < -0.4 is 4.90 Å². The SMILES string of the molecule is FC(F)(F)c1ccc(N2CCOCC2)cc1. The van der Waals surface area contributed by atoms with Gasteiger partial charge in [-0.2, -0.15) is 13.2 Å². The summed E-state index contributed by atoms with van der Waals surface area (Å²) >= 11 is 0. The van der Waals surface area contributed by atoms with Gasteiger partial charge < -0.3 is 9.64 Å². The van der Waals surface area contributed by atoms with Crippen molar-refractivity contribution in [2.45, 2.75) is 6.18 Å². The molecule has 0 unspecified atom stereocenters. The lowest BCUT2D eigenvalue weighted by molar-refractivity contribution is -0.137. The molecule has 1 aromatic carbocycles. The zero-order valence-corrected chi connectivity index (χ0v) is 8.63. The number of halogens is 3. The highest BCUT2D eigenvalue weighted by atomic mass is 19.4. The predicted molar refractivity (Wildman–Crippen MR) is 54.5 cm³/mol. The van der Waals surface area contributed by atoms with Crippen molar-refractivity contribution in [3.8, 4) is 0 Å². The minimum Gasteiger partial charge on any atom is -0.378 e. The first-order valence-corrected chi connectivity index (χ1v) is 5.07. The molecule has 0 bridgehead atoms. The Balaban J connectivity index is 2.12. The van der Waals surface area contributed by atoms with Crippen LogP contribution in [0.2, 0.25) is 0 Å². The maximum atomic E-state index is 12.3. The Morgan fingerprint density at radius 3 is 2.06 bits per heavy atom. The zero-order valence-electron chi connectivity index (χ0n) is 8.63. The number of ether oxygens (including phenoxy) is 1. The van der Waals surface area contributed by atoms with Crippen LogP contribution in [0.25, 0.3) is 0 Å². The van der Waals surface area contributed by atoms with E-state index in [-0.39, 0.29) is 0 Å². The van der Waals surface area contributed by atoms with Crippen molar-refractivity contribution < 1.29 is 17.9 Å². The normalized spacial score (nSPS) is 17.6. The van der Waals surface area contributed by atoms with Crippen LogP contribution in [-0.4, -0.2) is 26.3 Å². The molecule has 2 nitrogen and oxygen atoms in total. The summed E-state index contributed by atoms with van der Waals surface area (Å²) in [6.07, 6.45) is -4.26. The fourth-order valence-electron chi connectivity index (χ4n) is 1.68. The molecule has 0 atom stereocenters. The molecule has 0 N–H and O–H groups in total. The van der Waals surface area contributed by atoms with Gasteiger partial charge in [-0.15, -0.1) is 0 Å². The summed E-state index contributed by atoms with van der Waals surface area (Å²) in [6.45, 7) is 2.71. The van der Waals surface area contributed by atoms with E-state index in [0.717, 1.165) is 30.9 Å². The highest BCUT2D eigenvalue weighted by Crippen LogP contribution is 2.30. The number of alkyl halides is 3. The second-order valence-electron chi connectivity index (χ2n) is 3.64. The van der Waals surface area contributed by atoms with Crippen molar-refractivity contribution in [1.82, 2.24) is 0 Å². The minimum atomic E-state index is -4.26. The number of nitrogens with zero attached hydrogens (tertiary/aromatic N) is 1. The fourth-order valence-corrected chi connectivity index (χ4v) is 1.68. The molecule has 0 aliphatic carbocycles. The summed E-state index contributed by atoms with van der Waals surface area (Å²) in [6, 6.07) is 5.25. The monoisotopic (exact) mass is 231 g/mol. The number of rotatable bonds is 1. The van der Waals surface area contributed by atoms with Crippen LogP contribution in [-0.2, 0) is 10.9 Å². The first kappa shape index (κ1) is 11.3. The van der Waals surface area contributed by atoms with Crippen LogP contribution >= 0.6 is 0 Å². The van der Waals surface area contributed by atoms with Crippen LogP contribution in [0.3, 0.4) is 0 Å². The van der Waals surface area contributed by atoms with Gasteiger partial charge >= 0.3 is 6.18 Å². The second-order valence-corrected chi connectivity index (χ2v) is 3.64. The summed E-state index contributed by atoms with van der Waals surface area (Å²) in [7, 11) is 0. The molecule has 1 saturated heterocycles. The molecule has 0 radical (unpaired) electrons. The molecule has 2 rings (SSSR count). The third-order valence-electron chi connectivity index (χ3n) is 2.57. The molecule has 88 valence electrons. The van der Waals surface area contributed by atoms with Gasteiger partial charge in [0.05, 0.1) is 18.8 Å². The van der Waals surface area contributed by atoms with Gasteiger partial charge in [-0.1, -0.05) is 0 Å². The molecule has 5 heteroatoms. The standard InChI is InChI=1S/C11H12F3NO/c12-11(13,14)9-1-3-10(4-2-9)15-5-7-16-8-6-15/h1-4H,5-8H2. The first-order chi connectivity index (χ1) is 7.57. The van der Waals surface area contributed by atoms with Crippen LogP contribution in [0.15, 0.2) is 24.3 Å². The summed E-state index contributed by atoms with van der Waals surface area (Å²) in [5.74, 6) is 0. The quantitative estimate of drug-likeness (QED) is 0.736. The van der Waals surface area contributed by atoms with Crippen molar-refractivity contribution in [3.63, 3.8) is 0 Å². The van der Waals surface area contributed by atoms with Crippen LogP contribution in [0.1, 0.15) is 5.56 Å². The van der Waals surface area contributed by atoms with Gasteiger partial charge in [-0.05, 0) is 24.3 Å². The van der Waals surface area contributed by atoms with E-state index in [4.69, 9.17) is 4.74 Å². The van der Waals surface area contributed by atoms with Gasteiger partial charge in [0.2, 0.25) is 0 Å². The third-order valence-corrected chi connectivity index (χ3v) is 2.57. The minimum absolute atomic E-state index is 0.607. The molecule has 0 amide bonds. The largest absolute Gasteiger partial charge is 0.416 e. The third kappa shape index (κ3) is 2.47. The Morgan fingerprint density at radius 2 is 1.56 bits per heavy atom. The van der Waals surface area contributed by atoms with Gasteiger partial charge in [0.25, 0.3) is 0 Å². The summed E-state index contributed by atoms with van der Waals surface area (Å²) in [5.41, 5.74) is 0.209. The smallest absolute Gasteiger partial charge is 0.378 e. The lowest BCUT2D eigenvalue weighted by Crippen LogP contribution is -2.36. The Morgan fingerprint density at radius 1 is 1.00 bits per heavy atom. The average Bonchev–Trinajstić information content (AvgIpc) is 2.29. The number of benzene rings is 1. The fraction of sp³-hybridized carbons (Fsp3) is 0.455. The Bertz CT molecular complexity index is 341. The maximum absolute atomic E-state index is 12.3. The second kappa shape index (κ2) is 4.33. The lowest BCUT2D eigenvalue weighted by Gasteiger charge is -2.29. The zero-order chi connectivity index (χ0) is 11.6. The van der Waals surface area contributed by atoms with E-state index in [9.17, 15) is 13.2 Å². The molecular formula is C11H12F3NO. The Kier molecular flexibility index (Phi) is 3.05. The molecule has 1 aromatic rings.